The lowest BCUT2D eigenvalue weighted by Crippen LogP contribution is -2.25. The molecule has 2 rings (SSSR count). The molecule has 2 heteroatoms. The summed E-state index contributed by atoms with van der Waals surface area (Å²) in [5.41, 5.74) is 4.98. The summed E-state index contributed by atoms with van der Waals surface area (Å²) in [6, 6.07) is 4.38. The molecule has 1 aliphatic rings. The van der Waals surface area contributed by atoms with Gasteiger partial charge in [-0.05, 0) is 48.9 Å². The summed E-state index contributed by atoms with van der Waals surface area (Å²) in [5.74, 6) is 0.706. The summed E-state index contributed by atoms with van der Waals surface area (Å²) >= 11 is 0. The predicted octanol–water partition coefficient (Wildman–Crippen LogP) is 3.16. The monoisotopic (exact) mass is 217 g/mol. The highest BCUT2D eigenvalue weighted by molar-refractivity contribution is 5.94. The van der Waals surface area contributed by atoms with Crippen LogP contribution in [0.1, 0.15) is 42.4 Å². The van der Waals surface area contributed by atoms with Gasteiger partial charge in [-0.25, -0.2) is 0 Å². The molecule has 0 saturated carbocycles. The second-order valence-electron chi connectivity index (χ2n) is 4.89. The smallest absolute Gasteiger partial charge is 0.226 e. The highest BCUT2D eigenvalue weighted by Crippen LogP contribution is 2.35. The highest BCUT2D eigenvalue weighted by Gasteiger charge is 2.23. The second kappa shape index (κ2) is 3.93. The van der Waals surface area contributed by atoms with E-state index in [0.717, 1.165) is 12.1 Å². The highest BCUT2D eigenvalue weighted by atomic mass is 16.2. The van der Waals surface area contributed by atoms with Crippen LogP contribution in [0.25, 0.3) is 0 Å². The minimum atomic E-state index is 0.230. The molecule has 1 aliphatic heterocycles. The molecule has 1 aromatic rings. The third kappa shape index (κ3) is 1.73. The number of aryl methyl sites for hydroxylation is 2. The zero-order valence-electron chi connectivity index (χ0n) is 10.5. The van der Waals surface area contributed by atoms with Crippen LogP contribution in [0.15, 0.2) is 12.1 Å². The van der Waals surface area contributed by atoms with E-state index in [1.165, 1.54) is 16.7 Å². The van der Waals surface area contributed by atoms with Gasteiger partial charge in [0.2, 0.25) is 5.91 Å². The van der Waals surface area contributed by atoms with Crippen molar-refractivity contribution in [1.29, 1.82) is 0 Å². The van der Waals surface area contributed by atoms with E-state index in [2.05, 4.69) is 32.9 Å². The molecular weight excluding hydrogens is 198 g/mol. The Bertz CT molecular complexity index is 437. The van der Waals surface area contributed by atoms with Crippen molar-refractivity contribution in [1.82, 2.24) is 0 Å². The lowest BCUT2D eigenvalue weighted by Gasteiger charge is -2.20. The lowest BCUT2D eigenvalue weighted by molar-refractivity contribution is -0.118. The number of anilines is 1. The number of hydrogen-bond donors (Lipinski definition) is 0. The molecule has 0 spiro atoms. The van der Waals surface area contributed by atoms with Gasteiger partial charge in [0.15, 0.2) is 0 Å². The van der Waals surface area contributed by atoms with E-state index in [1.54, 1.807) is 0 Å². The van der Waals surface area contributed by atoms with Crippen molar-refractivity contribution < 1.29 is 4.79 Å². The van der Waals surface area contributed by atoms with Crippen LogP contribution in [0, 0.1) is 13.8 Å². The average Bonchev–Trinajstić information content (AvgIpc) is 2.35. The molecule has 0 aliphatic carbocycles. The number of carbonyl (C=O) groups is 1. The van der Waals surface area contributed by atoms with Crippen molar-refractivity contribution >= 4 is 11.6 Å². The molecule has 1 amide bonds. The molecular formula is C14H19NO. The van der Waals surface area contributed by atoms with Gasteiger partial charge in [0, 0.05) is 19.2 Å². The molecule has 0 N–H and O–H groups in total. The fraction of sp³-hybridized carbons (Fsp3) is 0.500. The Morgan fingerprint density at radius 3 is 2.56 bits per heavy atom. The summed E-state index contributed by atoms with van der Waals surface area (Å²) in [4.78, 5) is 13.7. The first-order valence-electron chi connectivity index (χ1n) is 5.88. The number of rotatable bonds is 0. The van der Waals surface area contributed by atoms with Gasteiger partial charge in [0.25, 0.3) is 0 Å². The maximum absolute atomic E-state index is 11.8. The minimum absolute atomic E-state index is 0.230. The molecule has 16 heavy (non-hydrogen) atoms. The number of nitrogens with zero attached hydrogens (tertiary/aromatic N) is 1. The van der Waals surface area contributed by atoms with E-state index in [0.29, 0.717) is 12.3 Å². The van der Waals surface area contributed by atoms with Crippen molar-refractivity contribution in [3.63, 3.8) is 0 Å². The zero-order chi connectivity index (χ0) is 11.9. The average molecular weight is 217 g/mol. The number of amides is 1. The molecule has 1 heterocycles. The Morgan fingerprint density at radius 2 is 1.88 bits per heavy atom. The van der Waals surface area contributed by atoms with Gasteiger partial charge in [-0.1, -0.05) is 13.0 Å². The Labute approximate surface area is 97.3 Å². The second-order valence-corrected chi connectivity index (χ2v) is 4.89. The summed E-state index contributed by atoms with van der Waals surface area (Å²) in [7, 11) is 1.88. The maximum atomic E-state index is 11.8. The Hall–Kier alpha value is -1.31. The lowest BCUT2D eigenvalue weighted by atomic mass is 9.93. The molecule has 1 aromatic carbocycles. The molecule has 2 nitrogen and oxygen atoms in total. The van der Waals surface area contributed by atoms with Crippen LogP contribution < -0.4 is 4.90 Å². The number of fused-ring (bicyclic) bond motifs is 1. The predicted molar refractivity (Wildman–Crippen MR) is 67.0 cm³/mol. The Kier molecular flexibility index (Phi) is 2.75. The van der Waals surface area contributed by atoms with Crippen LogP contribution in [0.4, 0.5) is 5.69 Å². The third-order valence-corrected chi connectivity index (χ3v) is 3.70. The van der Waals surface area contributed by atoms with Gasteiger partial charge >= 0.3 is 0 Å². The minimum Gasteiger partial charge on any atom is -0.315 e. The van der Waals surface area contributed by atoms with Crippen LogP contribution in [0.3, 0.4) is 0 Å². The molecule has 0 radical (unpaired) electrons. The molecule has 0 fully saturated rings. The summed E-state index contributed by atoms with van der Waals surface area (Å²) in [6.07, 6.45) is 1.61. The molecule has 86 valence electrons. The fourth-order valence-electron chi connectivity index (χ4n) is 2.31. The van der Waals surface area contributed by atoms with E-state index in [1.807, 2.05) is 11.9 Å². The molecule has 0 aromatic heterocycles. The van der Waals surface area contributed by atoms with Gasteiger partial charge in [-0.2, -0.15) is 0 Å². The standard InChI is InChI=1S/C14H19NO/c1-9-5-6-14(16)15(4)13-8-11(3)10(2)7-12(9)13/h7-9H,5-6H2,1-4H3. The van der Waals surface area contributed by atoms with Crippen LogP contribution in [0.5, 0.6) is 0 Å². The van der Waals surface area contributed by atoms with Crippen molar-refractivity contribution in [2.45, 2.75) is 39.5 Å². The third-order valence-electron chi connectivity index (χ3n) is 3.70. The van der Waals surface area contributed by atoms with Crippen LogP contribution >= 0.6 is 0 Å². The van der Waals surface area contributed by atoms with Crippen molar-refractivity contribution in [3.8, 4) is 0 Å². The summed E-state index contributed by atoms with van der Waals surface area (Å²) in [6.45, 7) is 6.44. The molecule has 1 atom stereocenters. The summed E-state index contributed by atoms with van der Waals surface area (Å²) in [5, 5.41) is 0. The van der Waals surface area contributed by atoms with Crippen LogP contribution in [-0.2, 0) is 4.79 Å². The summed E-state index contributed by atoms with van der Waals surface area (Å²) < 4.78 is 0. The largest absolute Gasteiger partial charge is 0.315 e. The van der Waals surface area contributed by atoms with E-state index in [-0.39, 0.29) is 5.91 Å². The van der Waals surface area contributed by atoms with E-state index in [9.17, 15) is 4.79 Å². The van der Waals surface area contributed by atoms with Gasteiger partial charge in [-0.15, -0.1) is 0 Å². The first-order valence-corrected chi connectivity index (χ1v) is 5.88. The first-order chi connectivity index (χ1) is 7.50. The fourth-order valence-corrected chi connectivity index (χ4v) is 2.31. The van der Waals surface area contributed by atoms with E-state index < -0.39 is 0 Å². The molecule has 0 bridgehead atoms. The van der Waals surface area contributed by atoms with Gasteiger partial charge in [-0.3, -0.25) is 4.79 Å². The molecule has 1 unspecified atom stereocenters. The topological polar surface area (TPSA) is 20.3 Å². The van der Waals surface area contributed by atoms with E-state index >= 15 is 0 Å². The van der Waals surface area contributed by atoms with Crippen molar-refractivity contribution in [2.75, 3.05) is 11.9 Å². The normalized spacial score (nSPS) is 20.6. The molecule has 0 saturated heterocycles. The quantitative estimate of drug-likeness (QED) is 0.653. The zero-order valence-corrected chi connectivity index (χ0v) is 10.5. The van der Waals surface area contributed by atoms with Crippen molar-refractivity contribution in [3.05, 3.63) is 28.8 Å². The number of benzene rings is 1. The van der Waals surface area contributed by atoms with Crippen LogP contribution in [-0.4, -0.2) is 13.0 Å². The number of hydrogen-bond acceptors (Lipinski definition) is 1. The SMILES string of the molecule is Cc1cc2c(cc1C)N(C)C(=O)CCC2C. The van der Waals surface area contributed by atoms with Gasteiger partial charge in [0.05, 0.1) is 0 Å². The van der Waals surface area contributed by atoms with Gasteiger partial charge in [0.1, 0.15) is 0 Å². The first kappa shape index (κ1) is 11.2. The van der Waals surface area contributed by atoms with Crippen LogP contribution in [0.2, 0.25) is 0 Å². The van der Waals surface area contributed by atoms with Gasteiger partial charge < -0.3 is 4.90 Å². The Balaban J connectivity index is 2.60. The van der Waals surface area contributed by atoms with E-state index in [4.69, 9.17) is 0 Å². The number of carbonyl (C=O) groups excluding carboxylic acids is 1. The van der Waals surface area contributed by atoms with Crippen molar-refractivity contribution in [2.24, 2.45) is 0 Å². The maximum Gasteiger partial charge on any atom is 0.226 e. The Morgan fingerprint density at radius 1 is 1.25 bits per heavy atom.